The van der Waals surface area contributed by atoms with Gasteiger partial charge in [0.2, 0.25) is 5.91 Å². The highest BCUT2D eigenvalue weighted by atomic mass is 16.5. The Morgan fingerprint density at radius 1 is 1.21 bits per heavy atom. The standard InChI is InChI=1S/C21H25NO2/c1-3-20(16-10-12-18(24-2)13-11-16)22-21(23)14-17-9-8-15-6-4-5-7-19(15)17/h4-7,10-13,17,20H,3,8-9,14H2,1-2H3,(H,22,23). The van der Waals surface area contributed by atoms with Crippen LogP contribution in [0.25, 0.3) is 0 Å². The SMILES string of the molecule is CCC(NC(=O)CC1CCc2ccccc21)c1ccc(OC)cc1. The van der Waals surface area contributed by atoms with Crippen molar-refractivity contribution >= 4 is 5.91 Å². The minimum Gasteiger partial charge on any atom is -0.497 e. The van der Waals surface area contributed by atoms with Crippen molar-refractivity contribution in [3.05, 3.63) is 65.2 Å². The van der Waals surface area contributed by atoms with Gasteiger partial charge in [-0.2, -0.15) is 0 Å². The number of amides is 1. The summed E-state index contributed by atoms with van der Waals surface area (Å²) in [5.74, 6) is 1.33. The van der Waals surface area contributed by atoms with Crippen molar-refractivity contribution in [2.24, 2.45) is 0 Å². The third kappa shape index (κ3) is 3.61. The highest BCUT2D eigenvalue weighted by Gasteiger charge is 2.25. The molecule has 2 atom stereocenters. The summed E-state index contributed by atoms with van der Waals surface area (Å²) in [7, 11) is 1.66. The summed E-state index contributed by atoms with van der Waals surface area (Å²) in [6.45, 7) is 2.10. The number of methoxy groups -OCH3 is 1. The molecule has 3 heteroatoms. The van der Waals surface area contributed by atoms with Gasteiger partial charge in [-0.25, -0.2) is 0 Å². The number of hydrogen-bond acceptors (Lipinski definition) is 2. The molecule has 1 N–H and O–H groups in total. The molecule has 3 nitrogen and oxygen atoms in total. The van der Waals surface area contributed by atoms with Gasteiger partial charge in [0.15, 0.2) is 0 Å². The summed E-state index contributed by atoms with van der Waals surface area (Å²) in [4.78, 5) is 12.5. The molecule has 0 aromatic heterocycles. The van der Waals surface area contributed by atoms with E-state index in [2.05, 4.69) is 36.5 Å². The molecule has 126 valence electrons. The van der Waals surface area contributed by atoms with Crippen molar-refractivity contribution < 1.29 is 9.53 Å². The fourth-order valence-corrected chi connectivity index (χ4v) is 3.59. The zero-order valence-electron chi connectivity index (χ0n) is 14.4. The minimum absolute atomic E-state index is 0.0556. The first-order valence-corrected chi connectivity index (χ1v) is 8.72. The van der Waals surface area contributed by atoms with Crippen molar-refractivity contribution in [1.29, 1.82) is 0 Å². The Kier molecular flexibility index (Phi) is 5.19. The van der Waals surface area contributed by atoms with Gasteiger partial charge in [0.1, 0.15) is 5.75 Å². The van der Waals surface area contributed by atoms with Crippen molar-refractivity contribution in [3.8, 4) is 5.75 Å². The van der Waals surface area contributed by atoms with Gasteiger partial charge in [0.05, 0.1) is 13.2 Å². The molecule has 0 bridgehead atoms. The summed E-state index contributed by atoms with van der Waals surface area (Å²) in [5, 5.41) is 3.20. The zero-order chi connectivity index (χ0) is 16.9. The van der Waals surface area contributed by atoms with Gasteiger partial charge >= 0.3 is 0 Å². The topological polar surface area (TPSA) is 38.3 Å². The van der Waals surface area contributed by atoms with Crippen LogP contribution in [0, 0.1) is 0 Å². The Morgan fingerprint density at radius 2 is 1.96 bits per heavy atom. The molecule has 0 spiro atoms. The van der Waals surface area contributed by atoms with Crippen molar-refractivity contribution in [3.63, 3.8) is 0 Å². The second-order valence-corrected chi connectivity index (χ2v) is 6.44. The van der Waals surface area contributed by atoms with E-state index < -0.39 is 0 Å². The molecular formula is C21H25NO2. The summed E-state index contributed by atoms with van der Waals surface area (Å²) in [5.41, 5.74) is 3.88. The van der Waals surface area contributed by atoms with E-state index in [-0.39, 0.29) is 11.9 Å². The van der Waals surface area contributed by atoms with Crippen LogP contribution in [-0.2, 0) is 11.2 Å². The Balaban J connectivity index is 1.63. The lowest BCUT2D eigenvalue weighted by molar-refractivity contribution is -0.122. The first-order chi connectivity index (χ1) is 11.7. The van der Waals surface area contributed by atoms with Crippen LogP contribution in [0.4, 0.5) is 0 Å². The lowest BCUT2D eigenvalue weighted by atomic mass is 9.97. The number of rotatable bonds is 6. The van der Waals surface area contributed by atoms with E-state index in [0.717, 1.165) is 30.6 Å². The van der Waals surface area contributed by atoms with E-state index >= 15 is 0 Å². The molecule has 24 heavy (non-hydrogen) atoms. The summed E-state index contributed by atoms with van der Waals surface area (Å²) >= 11 is 0. The average molecular weight is 323 g/mol. The number of fused-ring (bicyclic) bond motifs is 1. The van der Waals surface area contributed by atoms with Crippen LogP contribution in [0.15, 0.2) is 48.5 Å². The average Bonchev–Trinajstić information content (AvgIpc) is 3.03. The number of carbonyl (C=O) groups excluding carboxylic acids is 1. The van der Waals surface area contributed by atoms with Crippen LogP contribution in [0.1, 0.15) is 54.8 Å². The molecule has 0 fully saturated rings. The number of nitrogens with one attached hydrogen (secondary N) is 1. The molecular weight excluding hydrogens is 298 g/mol. The quantitative estimate of drug-likeness (QED) is 0.856. The first kappa shape index (κ1) is 16.6. The molecule has 1 aliphatic carbocycles. The molecule has 2 aromatic rings. The van der Waals surface area contributed by atoms with Gasteiger partial charge < -0.3 is 10.1 Å². The van der Waals surface area contributed by atoms with Crippen molar-refractivity contribution in [1.82, 2.24) is 5.32 Å². The van der Waals surface area contributed by atoms with E-state index in [1.54, 1.807) is 7.11 Å². The number of ether oxygens (including phenoxy) is 1. The molecule has 0 saturated carbocycles. The third-order valence-corrected chi connectivity index (χ3v) is 4.95. The van der Waals surface area contributed by atoms with E-state index in [9.17, 15) is 4.79 Å². The van der Waals surface area contributed by atoms with E-state index in [1.165, 1.54) is 11.1 Å². The molecule has 3 rings (SSSR count). The Bertz CT molecular complexity index is 693. The number of carbonyl (C=O) groups is 1. The molecule has 1 aliphatic rings. The molecule has 2 unspecified atom stereocenters. The van der Waals surface area contributed by atoms with Crippen LogP contribution >= 0.6 is 0 Å². The maximum Gasteiger partial charge on any atom is 0.221 e. The lowest BCUT2D eigenvalue weighted by Gasteiger charge is -2.19. The highest BCUT2D eigenvalue weighted by Crippen LogP contribution is 2.35. The normalized spacial score (nSPS) is 17.2. The lowest BCUT2D eigenvalue weighted by Crippen LogP contribution is -2.29. The second kappa shape index (κ2) is 7.52. The molecule has 0 radical (unpaired) electrons. The summed E-state index contributed by atoms with van der Waals surface area (Å²) < 4.78 is 5.20. The molecule has 0 saturated heterocycles. The van der Waals surface area contributed by atoms with Gasteiger partial charge in [-0.15, -0.1) is 0 Å². The summed E-state index contributed by atoms with van der Waals surface area (Å²) in [6, 6.07) is 16.5. The fourth-order valence-electron chi connectivity index (χ4n) is 3.59. The van der Waals surface area contributed by atoms with Crippen LogP contribution in [0.3, 0.4) is 0 Å². The zero-order valence-corrected chi connectivity index (χ0v) is 14.4. The highest BCUT2D eigenvalue weighted by molar-refractivity contribution is 5.77. The Labute approximate surface area is 144 Å². The largest absolute Gasteiger partial charge is 0.497 e. The van der Waals surface area contributed by atoms with Gasteiger partial charge in [0.25, 0.3) is 0 Å². The van der Waals surface area contributed by atoms with Crippen LogP contribution < -0.4 is 10.1 Å². The van der Waals surface area contributed by atoms with Crippen molar-refractivity contribution in [2.45, 2.75) is 44.6 Å². The fraction of sp³-hybridized carbons (Fsp3) is 0.381. The third-order valence-electron chi connectivity index (χ3n) is 4.95. The van der Waals surface area contributed by atoms with Gasteiger partial charge in [-0.3, -0.25) is 4.79 Å². The van der Waals surface area contributed by atoms with Crippen LogP contribution in [-0.4, -0.2) is 13.0 Å². The maximum absolute atomic E-state index is 12.5. The number of hydrogen-bond donors (Lipinski definition) is 1. The van der Waals surface area contributed by atoms with Crippen LogP contribution in [0.5, 0.6) is 5.75 Å². The van der Waals surface area contributed by atoms with Crippen molar-refractivity contribution in [2.75, 3.05) is 7.11 Å². The monoisotopic (exact) mass is 323 g/mol. The van der Waals surface area contributed by atoms with Crippen LogP contribution in [0.2, 0.25) is 0 Å². The second-order valence-electron chi connectivity index (χ2n) is 6.44. The summed E-state index contributed by atoms with van der Waals surface area (Å²) in [6.07, 6.45) is 3.61. The van der Waals surface area contributed by atoms with Gasteiger partial charge in [-0.05, 0) is 54.0 Å². The first-order valence-electron chi connectivity index (χ1n) is 8.72. The molecule has 0 aliphatic heterocycles. The predicted octanol–water partition coefficient (Wildman–Crippen LogP) is 4.38. The molecule has 1 amide bonds. The van der Waals surface area contributed by atoms with Gasteiger partial charge in [-0.1, -0.05) is 43.3 Å². The van der Waals surface area contributed by atoms with Gasteiger partial charge in [0, 0.05) is 6.42 Å². The number of aryl methyl sites for hydroxylation is 1. The van der Waals surface area contributed by atoms with E-state index in [1.807, 2.05) is 24.3 Å². The Hall–Kier alpha value is -2.29. The molecule has 2 aromatic carbocycles. The van der Waals surface area contributed by atoms with E-state index in [4.69, 9.17) is 4.74 Å². The number of benzene rings is 2. The smallest absolute Gasteiger partial charge is 0.221 e. The maximum atomic E-state index is 12.5. The minimum atomic E-state index is 0.0556. The van der Waals surface area contributed by atoms with E-state index in [0.29, 0.717) is 12.3 Å². The Morgan fingerprint density at radius 3 is 2.67 bits per heavy atom. The predicted molar refractivity (Wildman–Crippen MR) is 96.3 cm³/mol. The molecule has 0 heterocycles.